The van der Waals surface area contributed by atoms with Crippen LogP contribution in [0.3, 0.4) is 0 Å². The van der Waals surface area contributed by atoms with Gasteiger partial charge in [-0.05, 0) is 11.1 Å². The highest BCUT2D eigenvalue weighted by Gasteiger charge is 2.09. The summed E-state index contributed by atoms with van der Waals surface area (Å²) in [5.41, 5.74) is 1.31. The number of carbonyl (C=O) groups excluding carboxylic acids is 1. The Kier molecular flexibility index (Phi) is 4.01. The lowest BCUT2D eigenvalue weighted by Gasteiger charge is -2.11. The second kappa shape index (κ2) is 5.29. The van der Waals surface area contributed by atoms with Crippen LogP contribution in [0.1, 0.15) is 17.2 Å². The number of aliphatic hydroxyl groups is 2. The van der Waals surface area contributed by atoms with Gasteiger partial charge in [-0.1, -0.05) is 24.3 Å². The van der Waals surface area contributed by atoms with Crippen molar-refractivity contribution in [1.82, 2.24) is 0 Å². The van der Waals surface area contributed by atoms with Gasteiger partial charge in [0.25, 0.3) is 0 Å². The van der Waals surface area contributed by atoms with Gasteiger partial charge in [0, 0.05) is 0 Å². The third-order valence-electron chi connectivity index (χ3n) is 1.90. The molecule has 0 heterocycles. The third kappa shape index (κ3) is 2.50. The van der Waals surface area contributed by atoms with Crippen LogP contribution in [0.2, 0.25) is 0 Å². The van der Waals surface area contributed by atoms with E-state index in [0.717, 1.165) is 5.56 Å². The van der Waals surface area contributed by atoms with Crippen molar-refractivity contribution in [2.45, 2.75) is 12.6 Å². The summed E-state index contributed by atoms with van der Waals surface area (Å²) in [5.74, 6) is 0. The lowest BCUT2D eigenvalue weighted by atomic mass is 10.0. The number of nitrogens with zero attached hydrogens (tertiary/aromatic N) is 1. The smallest absolute Gasteiger partial charge is 0.235 e. The van der Waals surface area contributed by atoms with Crippen molar-refractivity contribution in [3.05, 3.63) is 35.4 Å². The molecule has 1 rings (SSSR count). The van der Waals surface area contributed by atoms with Crippen molar-refractivity contribution in [3.63, 3.8) is 0 Å². The number of rotatable bonds is 4. The zero-order valence-corrected chi connectivity index (χ0v) is 7.55. The number of aliphatic imine (C=N–C) groups is 1. The van der Waals surface area contributed by atoms with Crippen molar-refractivity contribution in [2.75, 3.05) is 6.61 Å². The van der Waals surface area contributed by atoms with Crippen LogP contribution in [-0.4, -0.2) is 22.9 Å². The van der Waals surface area contributed by atoms with Crippen molar-refractivity contribution in [2.24, 2.45) is 4.99 Å². The molecule has 0 spiro atoms. The fraction of sp³-hybridized carbons (Fsp3) is 0.300. The Hall–Kier alpha value is -1.48. The molecule has 74 valence electrons. The van der Waals surface area contributed by atoms with Crippen molar-refractivity contribution in [1.29, 1.82) is 0 Å². The van der Waals surface area contributed by atoms with Crippen LogP contribution in [0.4, 0.5) is 0 Å². The minimum Gasteiger partial charge on any atom is -0.393 e. The Morgan fingerprint density at radius 2 is 2.14 bits per heavy atom. The normalized spacial score (nSPS) is 11.9. The topological polar surface area (TPSA) is 69.9 Å². The molecule has 0 fully saturated rings. The highest BCUT2D eigenvalue weighted by atomic mass is 16.3. The fourth-order valence-corrected chi connectivity index (χ4v) is 1.22. The highest BCUT2D eigenvalue weighted by Crippen LogP contribution is 2.17. The summed E-state index contributed by atoms with van der Waals surface area (Å²) in [5, 5.41) is 18.2. The molecule has 0 bridgehead atoms. The molecule has 1 aromatic carbocycles. The predicted octanol–water partition coefficient (Wildman–Crippen LogP) is 0.548. The third-order valence-corrected chi connectivity index (χ3v) is 1.90. The van der Waals surface area contributed by atoms with Crippen LogP contribution >= 0.6 is 0 Å². The summed E-state index contributed by atoms with van der Waals surface area (Å²) < 4.78 is 0. The van der Waals surface area contributed by atoms with Crippen LogP contribution in [0.5, 0.6) is 0 Å². The Morgan fingerprint density at radius 3 is 2.79 bits per heavy atom. The van der Waals surface area contributed by atoms with Gasteiger partial charge < -0.3 is 10.2 Å². The van der Waals surface area contributed by atoms with Crippen molar-refractivity contribution < 1.29 is 15.0 Å². The molecule has 4 heteroatoms. The maximum Gasteiger partial charge on any atom is 0.235 e. The molecular weight excluding hydrogens is 182 g/mol. The number of hydrogen-bond acceptors (Lipinski definition) is 4. The van der Waals surface area contributed by atoms with Gasteiger partial charge in [0.2, 0.25) is 6.08 Å². The van der Waals surface area contributed by atoms with Crippen LogP contribution < -0.4 is 0 Å². The van der Waals surface area contributed by atoms with E-state index in [1.165, 1.54) is 6.08 Å². The second-order valence-electron chi connectivity index (χ2n) is 2.80. The van der Waals surface area contributed by atoms with Gasteiger partial charge in [0.1, 0.15) is 6.10 Å². The lowest BCUT2D eigenvalue weighted by Crippen LogP contribution is -2.05. The van der Waals surface area contributed by atoms with E-state index in [0.29, 0.717) is 5.56 Å². The summed E-state index contributed by atoms with van der Waals surface area (Å²) >= 11 is 0. The predicted molar refractivity (Wildman–Crippen MR) is 50.3 cm³/mol. The van der Waals surface area contributed by atoms with Crippen LogP contribution in [0, 0.1) is 0 Å². The molecule has 0 aliphatic rings. The summed E-state index contributed by atoms with van der Waals surface area (Å²) in [6.45, 7) is -0.168. The molecule has 0 radical (unpaired) electrons. The number of hydrogen-bond donors (Lipinski definition) is 2. The van der Waals surface area contributed by atoms with E-state index in [-0.39, 0.29) is 13.2 Å². The molecule has 4 nitrogen and oxygen atoms in total. The summed E-state index contributed by atoms with van der Waals surface area (Å²) in [6, 6.07) is 6.97. The van der Waals surface area contributed by atoms with Gasteiger partial charge in [-0.15, -0.1) is 0 Å². The first-order valence-corrected chi connectivity index (χ1v) is 4.20. The molecule has 0 aliphatic heterocycles. The molecular formula is C10H11NO3. The van der Waals surface area contributed by atoms with E-state index in [1.54, 1.807) is 24.3 Å². The average molecular weight is 193 g/mol. The fourth-order valence-electron chi connectivity index (χ4n) is 1.22. The molecule has 0 saturated carbocycles. The molecule has 14 heavy (non-hydrogen) atoms. The Labute approximate surface area is 81.5 Å². The molecule has 0 amide bonds. The van der Waals surface area contributed by atoms with Gasteiger partial charge in [0.15, 0.2) is 0 Å². The first kappa shape index (κ1) is 10.6. The van der Waals surface area contributed by atoms with Crippen molar-refractivity contribution in [3.8, 4) is 0 Å². The largest absolute Gasteiger partial charge is 0.393 e. The summed E-state index contributed by atoms with van der Waals surface area (Å²) in [6.07, 6.45) is 0.508. The summed E-state index contributed by atoms with van der Waals surface area (Å²) in [7, 11) is 0. The van der Waals surface area contributed by atoms with E-state index in [9.17, 15) is 9.90 Å². The minimum atomic E-state index is -0.923. The quantitative estimate of drug-likeness (QED) is 0.542. The molecule has 2 N–H and O–H groups in total. The monoisotopic (exact) mass is 193 g/mol. The first-order valence-electron chi connectivity index (χ1n) is 4.20. The number of aliphatic hydroxyl groups excluding tert-OH is 2. The molecule has 0 aromatic heterocycles. The zero-order chi connectivity index (χ0) is 10.4. The highest BCUT2D eigenvalue weighted by molar-refractivity contribution is 5.35. The second-order valence-corrected chi connectivity index (χ2v) is 2.80. The van der Waals surface area contributed by atoms with E-state index in [2.05, 4.69) is 4.99 Å². The minimum absolute atomic E-state index is 0.177. The van der Waals surface area contributed by atoms with E-state index in [4.69, 9.17) is 5.11 Å². The maximum absolute atomic E-state index is 9.93. The Balaban J connectivity index is 2.96. The maximum atomic E-state index is 9.93. The van der Waals surface area contributed by atoms with Gasteiger partial charge in [-0.25, -0.2) is 9.79 Å². The Morgan fingerprint density at radius 1 is 1.43 bits per heavy atom. The SMILES string of the molecule is O=C=NCc1ccccc1C(O)CO. The van der Waals surface area contributed by atoms with Gasteiger partial charge in [-0.2, -0.15) is 0 Å². The average Bonchev–Trinajstić information content (AvgIpc) is 2.25. The van der Waals surface area contributed by atoms with Gasteiger partial charge in [-0.3, -0.25) is 0 Å². The first-order chi connectivity index (χ1) is 6.79. The van der Waals surface area contributed by atoms with Crippen LogP contribution in [-0.2, 0) is 11.3 Å². The number of benzene rings is 1. The summed E-state index contributed by atoms with van der Waals surface area (Å²) in [4.78, 5) is 13.3. The van der Waals surface area contributed by atoms with Gasteiger partial charge >= 0.3 is 0 Å². The molecule has 0 saturated heterocycles. The molecule has 0 aliphatic carbocycles. The van der Waals surface area contributed by atoms with E-state index < -0.39 is 6.10 Å². The van der Waals surface area contributed by atoms with Crippen LogP contribution in [0.25, 0.3) is 0 Å². The molecule has 1 atom stereocenters. The van der Waals surface area contributed by atoms with E-state index >= 15 is 0 Å². The molecule has 1 unspecified atom stereocenters. The number of isocyanates is 1. The standard InChI is InChI=1S/C10H11NO3/c12-6-10(14)9-4-2-1-3-8(9)5-11-7-13/h1-4,10,12,14H,5-6H2. The zero-order valence-electron chi connectivity index (χ0n) is 7.55. The van der Waals surface area contributed by atoms with Crippen LogP contribution in [0.15, 0.2) is 29.3 Å². The van der Waals surface area contributed by atoms with Gasteiger partial charge in [0.05, 0.1) is 13.2 Å². The van der Waals surface area contributed by atoms with E-state index in [1.807, 2.05) is 0 Å². The Bertz CT molecular complexity index is 345. The lowest BCUT2D eigenvalue weighted by molar-refractivity contribution is 0.0949. The van der Waals surface area contributed by atoms with Crippen molar-refractivity contribution >= 4 is 6.08 Å². The molecule has 1 aromatic rings.